The monoisotopic (exact) mass is 168 g/mol. The van der Waals surface area contributed by atoms with Crippen LogP contribution in [-0.4, -0.2) is 16.2 Å². The van der Waals surface area contributed by atoms with E-state index in [9.17, 15) is 4.79 Å². The van der Waals surface area contributed by atoms with Gasteiger partial charge in [0.05, 0.1) is 6.61 Å². The summed E-state index contributed by atoms with van der Waals surface area (Å²) >= 11 is 0. The number of hydrogen-bond acceptors (Lipinski definition) is 3. The van der Waals surface area contributed by atoms with Crippen molar-refractivity contribution in [2.24, 2.45) is 7.05 Å². The molecule has 0 aromatic carbocycles. The average molecular weight is 168 g/mol. The number of rotatable bonds is 2. The van der Waals surface area contributed by atoms with Gasteiger partial charge in [0.25, 0.3) is 0 Å². The Morgan fingerprint density at radius 2 is 2.33 bits per heavy atom. The first-order chi connectivity index (χ1) is 5.65. The molecule has 1 aromatic rings. The van der Waals surface area contributed by atoms with Gasteiger partial charge < -0.3 is 4.74 Å². The summed E-state index contributed by atoms with van der Waals surface area (Å²) in [5.41, 5.74) is 0.403. The Labute approximate surface area is 70.8 Å². The molecule has 0 aliphatic heterocycles. The Hall–Kier alpha value is -1.32. The second-order valence-electron chi connectivity index (χ2n) is 2.51. The maximum atomic E-state index is 11.1. The Kier molecular flexibility index (Phi) is 2.47. The summed E-state index contributed by atoms with van der Waals surface area (Å²) in [6.45, 7) is 4.20. The third-order valence-corrected chi connectivity index (χ3v) is 1.51. The van der Waals surface area contributed by atoms with E-state index in [1.165, 1.54) is 4.57 Å². The van der Waals surface area contributed by atoms with Crippen LogP contribution in [0.4, 0.5) is 0 Å². The van der Waals surface area contributed by atoms with E-state index in [1.54, 1.807) is 20.0 Å². The van der Waals surface area contributed by atoms with Crippen LogP contribution in [0.25, 0.3) is 0 Å². The van der Waals surface area contributed by atoms with Crippen molar-refractivity contribution < 1.29 is 4.74 Å². The normalized spacial score (nSPS) is 9.92. The van der Waals surface area contributed by atoms with Crippen LogP contribution in [-0.2, 0) is 7.05 Å². The number of aryl methyl sites for hydroxylation is 1. The van der Waals surface area contributed by atoms with E-state index in [4.69, 9.17) is 4.74 Å². The summed E-state index contributed by atoms with van der Waals surface area (Å²) in [6, 6.07) is 1.74. The predicted molar refractivity (Wildman–Crippen MR) is 45.4 cm³/mol. The first-order valence-electron chi connectivity index (χ1n) is 3.82. The van der Waals surface area contributed by atoms with Gasteiger partial charge in [0.2, 0.25) is 0 Å². The minimum atomic E-state index is -0.279. The summed E-state index contributed by atoms with van der Waals surface area (Å²) in [5, 5.41) is 0. The molecule has 4 nitrogen and oxygen atoms in total. The van der Waals surface area contributed by atoms with Gasteiger partial charge in [-0.1, -0.05) is 0 Å². The first kappa shape index (κ1) is 8.77. The van der Waals surface area contributed by atoms with Crippen molar-refractivity contribution in [1.82, 2.24) is 9.55 Å². The molecule has 0 unspecified atom stereocenters. The summed E-state index contributed by atoms with van der Waals surface area (Å²) in [4.78, 5) is 14.9. The molecule has 0 spiro atoms. The lowest BCUT2D eigenvalue weighted by molar-refractivity contribution is 0.308. The summed E-state index contributed by atoms with van der Waals surface area (Å²) in [6.07, 6.45) is 0. The zero-order chi connectivity index (χ0) is 9.14. The van der Waals surface area contributed by atoms with E-state index in [0.717, 1.165) is 0 Å². The van der Waals surface area contributed by atoms with E-state index in [0.29, 0.717) is 18.2 Å². The maximum absolute atomic E-state index is 11.1. The molecule has 0 N–H and O–H groups in total. The number of hydrogen-bond donors (Lipinski definition) is 0. The number of aromatic nitrogens is 2. The quantitative estimate of drug-likeness (QED) is 0.645. The minimum absolute atomic E-state index is 0.279. The Morgan fingerprint density at radius 1 is 1.67 bits per heavy atom. The van der Waals surface area contributed by atoms with Crippen LogP contribution in [0, 0.1) is 6.92 Å². The van der Waals surface area contributed by atoms with Crippen molar-refractivity contribution in [2.75, 3.05) is 6.61 Å². The lowest BCUT2D eigenvalue weighted by Crippen LogP contribution is -2.22. The van der Waals surface area contributed by atoms with Crippen LogP contribution >= 0.6 is 0 Å². The molecule has 1 aromatic heterocycles. The molecule has 12 heavy (non-hydrogen) atoms. The lowest BCUT2D eigenvalue weighted by Gasteiger charge is -2.07. The molecule has 66 valence electrons. The third kappa shape index (κ3) is 1.64. The van der Waals surface area contributed by atoms with Crippen LogP contribution in [0.1, 0.15) is 12.6 Å². The van der Waals surface area contributed by atoms with Gasteiger partial charge in [0, 0.05) is 18.8 Å². The van der Waals surface area contributed by atoms with Crippen LogP contribution in [0.3, 0.4) is 0 Å². The number of ether oxygens (including phenoxy) is 1. The lowest BCUT2D eigenvalue weighted by atomic mass is 10.4. The molecule has 0 aliphatic carbocycles. The fraction of sp³-hybridized carbons (Fsp3) is 0.500. The third-order valence-electron chi connectivity index (χ3n) is 1.51. The molecule has 1 heterocycles. The Bertz CT molecular complexity index is 330. The molecule has 0 saturated heterocycles. The first-order valence-corrected chi connectivity index (χ1v) is 3.82. The highest BCUT2D eigenvalue weighted by atomic mass is 16.5. The molecular formula is C8H12N2O2. The smallest absolute Gasteiger partial charge is 0.350 e. The summed E-state index contributed by atoms with van der Waals surface area (Å²) in [7, 11) is 1.64. The fourth-order valence-corrected chi connectivity index (χ4v) is 0.914. The fourth-order valence-electron chi connectivity index (χ4n) is 0.914. The second-order valence-corrected chi connectivity index (χ2v) is 2.51. The van der Waals surface area contributed by atoms with Gasteiger partial charge >= 0.3 is 5.69 Å². The highest BCUT2D eigenvalue weighted by Gasteiger charge is 2.01. The van der Waals surface area contributed by atoms with Gasteiger partial charge in [0.15, 0.2) is 5.88 Å². The molecule has 0 radical (unpaired) electrons. The number of nitrogens with zero attached hydrogens (tertiary/aromatic N) is 2. The molecule has 4 heteroatoms. The molecular weight excluding hydrogens is 156 g/mol. The predicted octanol–water partition coefficient (Wildman–Crippen LogP) is 0.487. The zero-order valence-electron chi connectivity index (χ0n) is 7.50. The molecule has 0 fully saturated rings. The summed E-state index contributed by atoms with van der Waals surface area (Å²) in [5.74, 6) is 0.565. The van der Waals surface area contributed by atoms with Gasteiger partial charge in [-0.05, 0) is 13.8 Å². The van der Waals surface area contributed by atoms with Gasteiger partial charge in [-0.15, -0.1) is 0 Å². The molecule has 0 atom stereocenters. The molecule has 0 saturated carbocycles. The van der Waals surface area contributed by atoms with Crippen LogP contribution in [0.2, 0.25) is 0 Å². The Balaban J connectivity index is 3.18. The van der Waals surface area contributed by atoms with Crippen molar-refractivity contribution in [3.63, 3.8) is 0 Å². The highest BCUT2D eigenvalue weighted by Crippen LogP contribution is 2.06. The zero-order valence-corrected chi connectivity index (χ0v) is 7.50. The van der Waals surface area contributed by atoms with E-state index in [1.807, 2.05) is 6.92 Å². The SMILES string of the molecule is CCOc1cc(C)nc(=O)n1C. The van der Waals surface area contributed by atoms with Gasteiger partial charge in [0.1, 0.15) is 0 Å². The molecule has 0 aliphatic rings. The Morgan fingerprint density at radius 3 is 2.92 bits per heavy atom. The van der Waals surface area contributed by atoms with E-state index >= 15 is 0 Å². The van der Waals surface area contributed by atoms with E-state index in [2.05, 4.69) is 4.98 Å². The maximum Gasteiger partial charge on any atom is 0.350 e. The van der Waals surface area contributed by atoms with Crippen molar-refractivity contribution in [2.45, 2.75) is 13.8 Å². The van der Waals surface area contributed by atoms with Crippen LogP contribution in [0.5, 0.6) is 5.88 Å². The van der Waals surface area contributed by atoms with Crippen LogP contribution in [0.15, 0.2) is 10.9 Å². The van der Waals surface area contributed by atoms with Crippen molar-refractivity contribution in [1.29, 1.82) is 0 Å². The minimum Gasteiger partial charge on any atom is -0.479 e. The van der Waals surface area contributed by atoms with Gasteiger partial charge in [-0.25, -0.2) is 4.79 Å². The van der Waals surface area contributed by atoms with Crippen LogP contribution < -0.4 is 10.4 Å². The molecule has 0 bridgehead atoms. The topological polar surface area (TPSA) is 44.1 Å². The van der Waals surface area contributed by atoms with E-state index in [-0.39, 0.29) is 5.69 Å². The van der Waals surface area contributed by atoms with Gasteiger partial charge in [-0.2, -0.15) is 4.98 Å². The standard InChI is InChI=1S/C8H12N2O2/c1-4-12-7-5-6(2)9-8(11)10(7)3/h5H,4H2,1-3H3. The highest BCUT2D eigenvalue weighted by molar-refractivity contribution is 5.13. The average Bonchev–Trinajstić information content (AvgIpc) is 2.00. The van der Waals surface area contributed by atoms with Crippen molar-refractivity contribution in [3.8, 4) is 5.88 Å². The van der Waals surface area contributed by atoms with Gasteiger partial charge in [-0.3, -0.25) is 4.57 Å². The largest absolute Gasteiger partial charge is 0.479 e. The van der Waals surface area contributed by atoms with Crippen molar-refractivity contribution in [3.05, 3.63) is 22.2 Å². The van der Waals surface area contributed by atoms with Crippen molar-refractivity contribution >= 4 is 0 Å². The van der Waals surface area contributed by atoms with E-state index < -0.39 is 0 Å². The molecule has 0 amide bonds. The molecule has 1 rings (SSSR count). The second kappa shape index (κ2) is 3.38. The summed E-state index contributed by atoms with van der Waals surface area (Å²) < 4.78 is 6.61.